The maximum Gasteiger partial charge on any atom is 0.142 e. The van der Waals surface area contributed by atoms with Gasteiger partial charge in [0.15, 0.2) is 0 Å². The Morgan fingerprint density at radius 3 is 2.81 bits per heavy atom. The molecular formula is C18H14N2O. The number of hydrogen-bond donors (Lipinski definition) is 2. The Morgan fingerprint density at radius 2 is 1.90 bits per heavy atom. The van der Waals surface area contributed by atoms with Crippen LogP contribution in [0.5, 0.6) is 5.75 Å². The van der Waals surface area contributed by atoms with Crippen LogP contribution in [0.2, 0.25) is 0 Å². The molecule has 0 bridgehead atoms. The first-order valence-corrected chi connectivity index (χ1v) is 6.90. The summed E-state index contributed by atoms with van der Waals surface area (Å²) in [5.74, 6) is 0.205. The maximum atomic E-state index is 10.3. The van der Waals surface area contributed by atoms with Gasteiger partial charge < -0.3 is 10.1 Å². The van der Waals surface area contributed by atoms with Crippen LogP contribution in [-0.2, 0) is 0 Å². The smallest absolute Gasteiger partial charge is 0.142 e. The van der Waals surface area contributed by atoms with E-state index in [0.29, 0.717) is 5.69 Å². The molecule has 0 atom stereocenters. The summed E-state index contributed by atoms with van der Waals surface area (Å²) >= 11 is 0. The molecule has 0 aliphatic heterocycles. The van der Waals surface area contributed by atoms with E-state index in [1.807, 2.05) is 42.6 Å². The van der Waals surface area contributed by atoms with Crippen molar-refractivity contribution in [2.45, 2.75) is 6.92 Å². The number of benzene rings is 2. The highest BCUT2D eigenvalue weighted by Crippen LogP contribution is 2.35. The van der Waals surface area contributed by atoms with Crippen LogP contribution in [0.15, 0.2) is 54.7 Å². The van der Waals surface area contributed by atoms with Gasteiger partial charge in [0.05, 0.1) is 5.52 Å². The lowest BCUT2D eigenvalue weighted by Crippen LogP contribution is -1.86. The van der Waals surface area contributed by atoms with Gasteiger partial charge in [0.25, 0.3) is 0 Å². The molecule has 3 heteroatoms. The van der Waals surface area contributed by atoms with E-state index in [0.717, 1.165) is 27.4 Å². The summed E-state index contributed by atoms with van der Waals surface area (Å²) in [5.41, 5.74) is 4.69. The molecule has 0 aliphatic carbocycles. The van der Waals surface area contributed by atoms with E-state index in [1.54, 1.807) is 6.07 Å². The Balaban J connectivity index is 2.04. The molecule has 2 N–H and O–H groups in total. The summed E-state index contributed by atoms with van der Waals surface area (Å²) in [6, 6.07) is 15.7. The fraction of sp³-hybridized carbons (Fsp3) is 0.0556. The second-order valence-electron chi connectivity index (χ2n) is 5.25. The quantitative estimate of drug-likeness (QED) is 0.540. The molecule has 0 radical (unpaired) electrons. The van der Waals surface area contributed by atoms with Gasteiger partial charge in [-0.3, -0.25) is 0 Å². The highest BCUT2D eigenvalue weighted by Gasteiger charge is 2.13. The van der Waals surface area contributed by atoms with Gasteiger partial charge in [0, 0.05) is 28.0 Å². The number of aromatic hydroxyl groups is 1. The topological polar surface area (TPSA) is 48.9 Å². The van der Waals surface area contributed by atoms with Gasteiger partial charge in [-0.15, -0.1) is 0 Å². The number of pyridine rings is 1. The van der Waals surface area contributed by atoms with Gasteiger partial charge in [-0.1, -0.05) is 36.4 Å². The lowest BCUT2D eigenvalue weighted by Gasteiger charge is -2.05. The van der Waals surface area contributed by atoms with E-state index in [9.17, 15) is 5.11 Å². The summed E-state index contributed by atoms with van der Waals surface area (Å²) in [7, 11) is 0. The number of fused-ring (bicyclic) bond motifs is 2. The van der Waals surface area contributed by atoms with Crippen molar-refractivity contribution in [3.63, 3.8) is 0 Å². The van der Waals surface area contributed by atoms with Crippen molar-refractivity contribution in [2.75, 3.05) is 0 Å². The molecule has 4 aromatic rings. The largest absolute Gasteiger partial charge is 0.506 e. The van der Waals surface area contributed by atoms with Crippen LogP contribution < -0.4 is 0 Å². The lowest BCUT2D eigenvalue weighted by molar-refractivity contribution is 0.476. The molecule has 21 heavy (non-hydrogen) atoms. The fourth-order valence-electron chi connectivity index (χ4n) is 2.80. The number of nitrogens with one attached hydrogen (secondary N) is 1. The van der Waals surface area contributed by atoms with Gasteiger partial charge in [0.1, 0.15) is 11.4 Å². The second kappa shape index (κ2) is 4.35. The van der Waals surface area contributed by atoms with Crippen LogP contribution >= 0.6 is 0 Å². The van der Waals surface area contributed by atoms with Gasteiger partial charge in [-0.25, -0.2) is 4.98 Å². The number of aromatic nitrogens is 2. The number of rotatable bonds is 1. The van der Waals surface area contributed by atoms with E-state index < -0.39 is 0 Å². The standard InChI is InChI=1S/C18H14N2O/c1-11-5-4-7-13-14(10-19-17(11)13)18-16(21)9-12-6-2-3-8-15(12)20-18/h2-10,19,21H,1H3. The van der Waals surface area contributed by atoms with Gasteiger partial charge in [-0.2, -0.15) is 0 Å². The lowest BCUT2D eigenvalue weighted by atomic mass is 10.1. The van der Waals surface area contributed by atoms with Crippen LogP contribution in [0.1, 0.15) is 5.56 Å². The molecule has 4 rings (SSSR count). The third kappa shape index (κ3) is 1.78. The normalized spacial score (nSPS) is 11.3. The monoisotopic (exact) mass is 274 g/mol. The molecule has 2 aromatic carbocycles. The second-order valence-corrected chi connectivity index (χ2v) is 5.25. The Hall–Kier alpha value is -2.81. The highest BCUT2D eigenvalue weighted by molar-refractivity contribution is 5.98. The predicted molar refractivity (Wildman–Crippen MR) is 85.4 cm³/mol. The molecule has 0 spiro atoms. The summed E-state index contributed by atoms with van der Waals surface area (Å²) in [5, 5.41) is 12.3. The fourth-order valence-corrected chi connectivity index (χ4v) is 2.80. The van der Waals surface area contributed by atoms with Crippen LogP contribution in [-0.4, -0.2) is 15.1 Å². The van der Waals surface area contributed by atoms with E-state index in [-0.39, 0.29) is 5.75 Å². The highest BCUT2D eigenvalue weighted by atomic mass is 16.3. The van der Waals surface area contributed by atoms with Crippen LogP contribution in [0.3, 0.4) is 0 Å². The average Bonchev–Trinajstić information content (AvgIpc) is 2.92. The number of H-pyrrole nitrogens is 1. The zero-order valence-electron chi connectivity index (χ0n) is 11.6. The maximum absolute atomic E-state index is 10.3. The van der Waals surface area contributed by atoms with Crippen molar-refractivity contribution in [3.05, 3.63) is 60.3 Å². The summed E-state index contributed by atoms with van der Waals surface area (Å²) in [6.07, 6.45) is 1.91. The number of nitrogens with zero attached hydrogens (tertiary/aromatic N) is 1. The minimum Gasteiger partial charge on any atom is -0.506 e. The Bertz CT molecular complexity index is 969. The first-order chi connectivity index (χ1) is 10.2. The zero-order valence-corrected chi connectivity index (χ0v) is 11.6. The number of hydrogen-bond acceptors (Lipinski definition) is 2. The molecule has 0 fully saturated rings. The summed E-state index contributed by atoms with van der Waals surface area (Å²) in [4.78, 5) is 7.91. The first-order valence-electron chi connectivity index (χ1n) is 6.90. The van der Waals surface area contributed by atoms with Crippen molar-refractivity contribution in [3.8, 4) is 17.0 Å². The van der Waals surface area contributed by atoms with Crippen molar-refractivity contribution in [1.29, 1.82) is 0 Å². The number of para-hydroxylation sites is 2. The van der Waals surface area contributed by atoms with E-state index in [2.05, 4.69) is 23.0 Å². The van der Waals surface area contributed by atoms with E-state index in [1.165, 1.54) is 5.56 Å². The molecule has 0 aliphatic rings. The molecule has 0 saturated carbocycles. The van der Waals surface area contributed by atoms with Crippen LogP contribution in [0, 0.1) is 6.92 Å². The average molecular weight is 274 g/mol. The van der Waals surface area contributed by atoms with E-state index >= 15 is 0 Å². The van der Waals surface area contributed by atoms with Crippen molar-refractivity contribution in [2.24, 2.45) is 0 Å². The minimum atomic E-state index is 0.205. The van der Waals surface area contributed by atoms with Gasteiger partial charge >= 0.3 is 0 Å². The zero-order chi connectivity index (χ0) is 14.4. The third-order valence-corrected chi connectivity index (χ3v) is 3.88. The molecule has 0 unspecified atom stereocenters. The first kappa shape index (κ1) is 12.0. The summed E-state index contributed by atoms with van der Waals surface area (Å²) in [6.45, 7) is 2.07. The number of aromatic amines is 1. The van der Waals surface area contributed by atoms with Gasteiger partial charge in [0.2, 0.25) is 0 Å². The molecular weight excluding hydrogens is 260 g/mol. The Kier molecular flexibility index (Phi) is 2.48. The molecule has 0 amide bonds. The van der Waals surface area contributed by atoms with Gasteiger partial charge in [-0.05, 0) is 24.6 Å². The van der Waals surface area contributed by atoms with Crippen LogP contribution in [0.4, 0.5) is 0 Å². The predicted octanol–water partition coefficient (Wildman–Crippen LogP) is 4.40. The molecule has 2 aromatic heterocycles. The number of aryl methyl sites for hydroxylation is 1. The SMILES string of the molecule is Cc1cccc2c(-c3nc4ccccc4cc3O)c[nH]c12. The molecule has 3 nitrogen and oxygen atoms in total. The molecule has 102 valence electrons. The Labute approximate surface area is 121 Å². The van der Waals surface area contributed by atoms with Crippen molar-refractivity contribution in [1.82, 2.24) is 9.97 Å². The van der Waals surface area contributed by atoms with Crippen LogP contribution in [0.25, 0.3) is 33.1 Å². The molecule has 0 saturated heterocycles. The van der Waals surface area contributed by atoms with Crippen molar-refractivity contribution >= 4 is 21.8 Å². The third-order valence-electron chi connectivity index (χ3n) is 3.88. The molecule has 2 heterocycles. The summed E-state index contributed by atoms with van der Waals surface area (Å²) < 4.78 is 0. The Morgan fingerprint density at radius 1 is 1.05 bits per heavy atom. The van der Waals surface area contributed by atoms with Crippen molar-refractivity contribution < 1.29 is 5.11 Å². The van der Waals surface area contributed by atoms with E-state index in [4.69, 9.17) is 0 Å². The minimum absolute atomic E-state index is 0.205.